The van der Waals surface area contributed by atoms with Crippen LogP contribution in [0.2, 0.25) is 0 Å². The van der Waals surface area contributed by atoms with Crippen molar-refractivity contribution in [2.24, 2.45) is 0 Å². The van der Waals surface area contributed by atoms with Crippen molar-refractivity contribution in [3.05, 3.63) is 30.1 Å². The quantitative estimate of drug-likeness (QED) is 0.862. The summed E-state index contributed by atoms with van der Waals surface area (Å²) in [7, 11) is 0. The zero-order chi connectivity index (χ0) is 13.8. The molecule has 1 saturated heterocycles. The van der Waals surface area contributed by atoms with Crippen LogP contribution in [0.5, 0.6) is 0 Å². The minimum Gasteiger partial charge on any atom is -0.480 e. The summed E-state index contributed by atoms with van der Waals surface area (Å²) in [6.45, 7) is 0.598. The highest BCUT2D eigenvalue weighted by atomic mass is 19.1. The van der Waals surface area contributed by atoms with E-state index in [0.29, 0.717) is 18.7 Å². The molecule has 0 bridgehead atoms. The molecule has 0 aliphatic carbocycles. The second kappa shape index (κ2) is 5.79. The van der Waals surface area contributed by atoms with Crippen molar-refractivity contribution in [2.45, 2.75) is 18.9 Å². The van der Waals surface area contributed by atoms with Gasteiger partial charge in [0, 0.05) is 5.69 Å². The van der Waals surface area contributed by atoms with Gasteiger partial charge >= 0.3 is 5.97 Å². The van der Waals surface area contributed by atoms with Gasteiger partial charge in [-0.2, -0.15) is 0 Å². The second-order valence-corrected chi connectivity index (χ2v) is 4.53. The number of carboxylic acids is 1. The van der Waals surface area contributed by atoms with Crippen molar-refractivity contribution in [1.82, 2.24) is 4.90 Å². The summed E-state index contributed by atoms with van der Waals surface area (Å²) in [5, 5.41) is 11.6. The molecule has 0 radical (unpaired) electrons. The average Bonchev–Trinajstić information content (AvgIpc) is 2.76. The topological polar surface area (TPSA) is 69.6 Å². The SMILES string of the molecule is O=C(CN1CCC[C@@H]1C(=O)O)Nc1cccc(F)c1. The molecule has 6 heteroatoms. The average molecular weight is 266 g/mol. The molecular weight excluding hydrogens is 251 g/mol. The van der Waals surface area contributed by atoms with E-state index < -0.39 is 17.8 Å². The number of rotatable bonds is 4. The van der Waals surface area contributed by atoms with E-state index in [-0.39, 0.29) is 12.5 Å². The first-order valence-corrected chi connectivity index (χ1v) is 6.08. The van der Waals surface area contributed by atoms with Crippen molar-refractivity contribution in [2.75, 3.05) is 18.4 Å². The molecule has 19 heavy (non-hydrogen) atoms. The number of halogens is 1. The van der Waals surface area contributed by atoms with Crippen molar-refractivity contribution in [3.63, 3.8) is 0 Å². The first kappa shape index (κ1) is 13.5. The highest BCUT2D eigenvalue weighted by Gasteiger charge is 2.31. The first-order valence-electron chi connectivity index (χ1n) is 6.08. The molecule has 102 valence electrons. The van der Waals surface area contributed by atoms with E-state index in [1.165, 1.54) is 18.2 Å². The zero-order valence-corrected chi connectivity index (χ0v) is 10.3. The van der Waals surface area contributed by atoms with E-state index >= 15 is 0 Å². The number of hydrogen-bond donors (Lipinski definition) is 2. The van der Waals surface area contributed by atoms with Gasteiger partial charge in [-0.15, -0.1) is 0 Å². The Morgan fingerprint density at radius 1 is 1.47 bits per heavy atom. The monoisotopic (exact) mass is 266 g/mol. The molecule has 1 heterocycles. The third-order valence-corrected chi connectivity index (χ3v) is 3.10. The largest absolute Gasteiger partial charge is 0.480 e. The normalized spacial score (nSPS) is 19.3. The van der Waals surface area contributed by atoms with Crippen molar-refractivity contribution in [1.29, 1.82) is 0 Å². The molecule has 2 N–H and O–H groups in total. The van der Waals surface area contributed by atoms with Gasteiger partial charge in [-0.3, -0.25) is 14.5 Å². The van der Waals surface area contributed by atoms with Gasteiger partial charge in [0.2, 0.25) is 5.91 Å². The molecule has 0 saturated carbocycles. The summed E-state index contributed by atoms with van der Waals surface area (Å²) < 4.78 is 13.0. The van der Waals surface area contributed by atoms with Crippen LogP contribution in [-0.4, -0.2) is 41.0 Å². The fraction of sp³-hybridized carbons (Fsp3) is 0.385. The summed E-state index contributed by atoms with van der Waals surface area (Å²) in [6, 6.07) is 4.99. The maximum Gasteiger partial charge on any atom is 0.320 e. The maximum atomic E-state index is 13.0. The van der Waals surface area contributed by atoms with Crippen LogP contribution in [0.15, 0.2) is 24.3 Å². The summed E-state index contributed by atoms with van der Waals surface area (Å²) in [6.07, 6.45) is 1.33. The first-order chi connectivity index (χ1) is 9.06. The highest BCUT2D eigenvalue weighted by molar-refractivity contribution is 5.92. The molecule has 2 rings (SSSR count). The smallest absolute Gasteiger partial charge is 0.320 e. The summed E-state index contributed by atoms with van der Waals surface area (Å²) >= 11 is 0. The molecule has 1 fully saturated rings. The molecule has 1 aromatic rings. The molecule has 0 spiro atoms. The van der Waals surface area contributed by atoms with Crippen LogP contribution in [0, 0.1) is 5.82 Å². The number of likely N-dealkylation sites (tertiary alicyclic amines) is 1. The minimum atomic E-state index is -0.906. The highest BCUT2D eigenvalue weighted by Crippen LogP contribution is 2.17. The van der Waals surface area contributed by atoms with Gasteiger partial charge in [0.25, 0.3) is 0 Å². The van der Waals surface area contributed by atoms with Crippen molar-refractivity contribution >= 4 is 17.6 Å². The minimum absolute atomic E-state index is 0.00742. The Kier molecular flexibility index (Phi) is 4.11. The molecule has 0 unspecified atom stereocenters. The van der Waals surface area contributed by atoms with E-state index in [0.717, 1.165) is 6.42 Å². The van der Waals surface area contributed by atoms with Crippen LogP contribution >= 0.6 is 0 Å². The molecular formula is C13H15FN2O3. The van der Waals surface area contributed by atoms with Crippen LogP contribution in [0.3, 0.4) is 0 Å². The number of hydrogen-bond acceptors (Lipinski definition) is 3. The molecule has 1 aromatic carbocycles. The molecule has 0 aromatic heterocycles. The number of carbonyl (C=O) groups is 2. The Hall–Kier alpha value is -1.95. The Labute approximate surface area is 110 Å². The van der Waals surface area contributed by atoms with Crippen molar-refractivity contribution < 1.29 is 19.1 Å². The van der Waals surface area contributed by atoms with Gasteiger partial charge in [-0.05, 0) is 37.6 Å². The van der Waals surface area contributed by atoms with E-state index in [1.807, 2.05) is 0 Å². The molecule has 1 atom stereocenters. The number of anilines is 1. The third kappa shape index (κ3) is 3.51. The van der Waals surface area contributed by atoms with E-state index in [4.69, 9.17) is 5.11 Å². The number of benzene rings is 1. The molecule has 5 nitrogen and oxygen atoms in total. The number of carbonyl (C=O) groups excluding carboxylic acids is 1. The van der Waals surface area contributed by atoms with Crippen molar-refractivity contribution in [3.8, 4) is 0 Å². The summed E-state index contributed by atoms with van der Waals surface area (Å²) in [5.74, 6) is -1.67. The fourth-order valence-corrected chi connectivity index (χ4v) is 2.25. The van der Waals surface area contributed by atoms with Gasteiger partial charge < -0.3 is 10.4 Å². The van der Waals surface area contributed by atoms with Gasteiger partial charge in [0.1, 0.15) is 11.9 Å². The van der Waals surface area contributed by atoms with Crippen LogP contribution in [0.4, 0.5) is 10.1 Å². The Morgan fingerprint density at radius 2 is 2.26 bits per heavy atom. The Balaban J connectivity index is 1.92. The van der Waals surface area contributed by atoms with Crippen LogP contribution in [0.25, 0.3) is 0 Å². The van der Waals surface area contributed by atoms with E-state index in [1.54, 1.807) is 11.0 Å². The Morgan fingerprint density at radius 3 is 2.95 bits per heavy atom. The van der Waals surface area contributed by atoms with Gasteiger partial charge in [-0.25, -0.2) is 4.39 Å². The number of nitrogens with one attached hydrogen (secondary N) is 1. The third-order valence-electron chi connectivity index (χ3n) is 3.10. The lowest BCUT2D eigenvalue weighted by molar-refractivity contribution is -0.142. The molecule has 1 aliphatic heterocycles. The predicted molar refractivity (Wildman–Crippen MR) is 67.3 cm³/mol. The van der Waals surface area contributed by atoms with Gasteiger partial charge in [-0.1, -0.05) is 6.07 Å². The lowest BCUT2D eigenvalue weighted by atomic mass is 10.2. The second-order valence-electron chi connectivity index (χ2n) is 4.53. The van der Waals surface area contributed by atoms with Crippen LogP contribution in [-0.2, 0) is 9.59 Å². The lowest BCUT2D eigenvalue weighted by Crippen LogP contribution is -2.40. The van der Waals surface area contributed by atoms with E-state index in [9.17, 15) is 14.0 Å². The van der Waals surface area contributed by atoms with E-state index in [2.05, 4.69) is 5.32 Å². The number of amides is 1. The number of nitrogens with zero attached hydrogens (tertiary/aromatic N) is 1. The number of aliphatic carboxylic acids is 1. The standard InChI is InChI=1S/C13H15FN2O3/c14-9-3-1-4-10(7-9)15-12(17)8-16-6-2-5-11(16)13(18)19/h1,3-4,7,11H,2,5-6,8H2,(H,15,17)(H,18,19)/t11-/m1/s1. The molecule has 1 aliphatic rings. The summed E-state index contributed by atoms with van der Waals surface area (Å²) in [4.78, 5) is 24.4. The zero-order valence-electron chi connectivity index (χ0n) is 10.3. The summed E-state index contributed by atoms with van der Waals surface area (Å²) in [5.41, 5.74) is 0.371. The predicted octanol–water partition coefficient (Wildman–Crippen LogP) is 1.31. The fourth-order valence-electron chi connectivity index (χ4n) is 2.25. The lowest BCUT2D eigenvalue weighted by Gasteiger charge is -2.20. The maximum absolute atomic E-state index is 13.0. The van der Waals surface area contributed by atoms with Gasteiger partial charge in [0.15, 0.2) is 0 Å². The molecule has 1 amide bonds. The van der Waals surface area contributed by atoms with Gasteiger partial charge in [0.05, 0.1) is 6.54 Å². The van der Waals surface area contributed by atoms with Crippen LogP contribution in [0.1, 0.15) is 12.8 Å². The van der Waals surface area contributed by atoms with Crippen LogP contribution < -0.4 is 5.32 Å². The Bertz CT molecular complexity index is 493. The number of carboxylic acid groups (broad SMARTS) is 1.